The van der Waals surface area contributed by atoms with E-state index in [1.807, 2.05) is 18.2 Å². The number of hydrogen-bond donors (Lipinski definition) is 3. The van der Waals surface area contributed by atoms with E-state index in [-0.39, 0.29) is 17.8 Å². The molecule has 0 amide bonds. The van der Waals surface area contributed by atoms with Gasteiger partial charge in [0, 0.05) is 31.7 Å². The van der Waals surface area contributed by atoms with E-state index in [0.717, 1.165) is 16.6 Å². The standard InChI is InChI=1S/C15H14F2N4O/c16-15(17)10-7-18-8-13(14(10)22)21-6-9-1-2-11-12(5-9)20-4-3-19-11/h1-5,8,15,18,21-22H,6-7H2. The monoisotopic (exact) mass is 304 g/mol. The maximum Gasteiger partial charge on any atom is 0.265 e. The highest BCUT2D eigenvalue weighted by Gasteiger charge is 2.22. The van der Waals surface area contributed by atoms with E-state index < -0.39 is 12.2 Å². The predicted molar refractivity (Wildman–Crippen MR) is 78.1 cm³/mol. The number of nitrogens with zero attached hydrogens (tertiary/aromatic N) is 2. The minimum atomic E-state index is -2.69. The molecule has 0 atom stereocenters. The quantitative estimate of drug-likeness (QED) is 0.808. The lowest BCUT2D eigenvalue weighted by Gasteiger charge is -2.19. The second kappa shape index (κ2) is 5.97. The molecule has 1 aromatic carbocycles. The fraction of sp³-hybridized carbons (Fsp3) is 0.200. The number of dihydropyridines is 1. The van der Waals surface area contributed by atoms with E-state index in [9.17, 15) is 13.9 Å². The molecule has 1 aromatic heterocycles. The summed E-state index contributed by atoms with van der Waals surface area (Å²) < 4.78 is 25.5. The molecule has 2 aromatic rings. The third-order valence-corrected chi connectivity index (χ3v) is 3.38. The van der Waals surface area contributed by atoms with E-state index in [1.165, 1.54) is 6.20 Å². The van der Waals surface area contributed by atoms with Crippen molar-refractivity contribution in [1.82, 2.24) is 20.6 Å². The van der Waals surface area contributed by atoms with Crippen LogP contribution < -0.4 is 10.6 Å². The normalized spacial score (nSPS) is 15.0. The Labute approximate surface area is 125 Å². The van der Waals surface area contributed by atoms with Crippen molar-refractivity contribution in [2.45, 2.75) is 13.0 Å². The topological polar surface area (TPSA) is 70.1 Å². The van der Waals surface area contributed by atoms with Crippen molar-refractivity contribution >= 4 is 11.0 Å². The first-order valence-corrected chi connectivity index (χ1v) is 6.73. The Balaban J connectivity index is 1.75. The molecule has 7 heteroatoms. The van der Waals surface area contributed by atoms with Crippen LogP contribution in [0, 0.1) is 0 Å². The second-order valence-corrected chi connectivity index (χ2v) is 4.85. The van der Waals surface area contributed by atoms with Gasteiger partial charge in [-0.2, -0.15) is 0 Å². The zero-order valence-electron chi connectivity index (χ0n) is 11.6. The average Bonchev–Trinajstić information content (AvgIpc) is 2.53. The van der Waals surface area contributed by atoms with E-state index in [1.54, 1.807) is 12.4 Å². The van der Waals surface area contributed by atoms with Gasteiger partial charge in [-0.25, -0.2) is 8.78 Å². The first kappa shape index (κ1) is 14.2. The van der Waals surface area contributed by atoms with Gasteiger partial charge in [0.25, 0.3) is 6.43 Å². The molecule has 0 saturated carbocycles. The largest absolute Gasteiger partial charge is 0.505 e. The van der Waals surface area contributed by atoms with Crippen molar-refractivity contribution in [2.75, 3.05) is 6.54 Å². The molecule has 2 heterocycles. The van der Waals surface area contributed by atoms with E-state index >= 15 is 0 Å². The van der Waals surface area contributed by atoms with Gasteiger partial charge in [0.1, 0.15) is 5.76 Å². The van der Waals surface area contributed by atoms with Gasteiger partial charge in [-0.3, -0.25) is 9.97 Å². The molecule has 0 bridgehead atoms. The average molecular weight is 304 g/mol. The van der Waals surface area contributed by atoms with Crippen LogP contribution in [-0.2, 0) is 6.54 Å². The number of benzene rings is 1. The van der Waals surface area contributed by atoms with Gasteiger partial charge < -0.3 is 15.7 Å². The van der Waals surface area contributed by atoms with Crippen molar-refractivity contribution in [2.24, 2.45) is 0 Å². The molecule has 3 rings (SSSR count). The lowest BCUT2D eigenvalue weighted by Crippen LogP contribution is -2.28. The zero-order valence-corrected chi connectivity index (χ0v) is 11.6. The van der Waals surface area contributed by atoms with Gasteiger partial charge in [0.05, 0.1) is 22.3 Å². The van der Waals surface area contributed by atoms with Gasteiger partial charge in [-0.1, -0.05) is 6.07 Å². The van der Waals surface area contributed by atoms with E-state index in [4.69, 9.17) is 0 Å². The third kappa shape index (κ3) is 2.83. The van der Waals surface area contributed by atoms with Gasteiger partial charge in [0.2, 0.25) is 0 Å². The van der Waals surface area contributed by atoms with Crippen molar-refractivity contribution < 1.29 is 13.9 Å². The Morgan fingerprint density at radius 3 is 2.77 bits per heavy atom. The molecular formula is C15H14F2N4O. The summed E-state index contributed by atoms with van der Waals surface area (Å²) >= 11 is 0. The van der Waals surface area contributed by atoms with E-state index in [2.05, 4.69) is 20.6 Å². The Morgan fingerprint density at radius 2 is 2.00 bits per heavy atom. The first-order chi connectivity index (χ1) is 10.6. The molecule has 0 spiro atoms. The van der Waals surface area contributed by atoms with Gasteiger partial charge in [-0.15, -0.1) is 0 Å². The fourth-order valence-corrected chi connectivity index (χ4v) is 2.22. The summed E-state index contributed by atoms with van der Waals surface area (Å²) in [6.45, 7) is 0.320. The van der Waals surface area contributed by atoms with Crippen LogP contribution in [-0.4, -0.2) is 28.0 Å². The maximum atomic E-state index is 12.8. The van der Waals surface area contributed by atoms with Crippen molar-refractivity contribution in [1.29, 1.82) is 0 Å². The Kier molecular flexibility index (Phi) is 3.86. The second-order valence-electron chi connectivity index (χ2n) is 4.85. The number of aromatic nitrogens is 2. The third-order valence-electron chi connectivity index (χ3n) is 3.38. The molecular weight excluding hydrogens is 290 g/mol. The van der Waals surface area contributed by atoms with Crippen LogP contribution in [0.15, 0.2) is 53.8 Å². The number of fused-ring (bicyclic) bond motifs is 1. The first-order valence-electron chi connectivity index (χ1n) is 6.73. The molecule has 1 aliphatic heterocycles. The fourth-order valence-electron chi connectivity index (χ4n) is 2.22. The zero-order chi connectivity index (χ0) is 15.5. The summed E-state index contributed by atoms with van der Waals surface area (Å²) in [5, 5.41) is 15.5. The molecule has 1 aliphatic rings. The maximum absolute atomic E-state index is 12.8. The summed E-state index contributed by atoms with van der Waals surface area (Å²) in [5.74, 6) is -0.394. The van der Waals surface area contributed by atoms with Crippen molar-refractivity contribution in [3.63, 3.8) is 0 Å². The highest BCUT2D eigenvalue weighted by molar-refractivity contribution is 5.74. The molecule has 3 N–H and O–H groups in total. The Bertz CT molecular complexity index is 758. The van der Waals surface area contributed by atoms with Crippen LogP contribution in [0.25, 0.3) is 11.0 Å². The smallest absolute Gasteiger partial charge is 0.265 e. The molecule has 0 saturated heterocycles. The number of halogens is 2. The van der Waals surface area contributed by atoms with Crippen molar-refractivity contribution in [3.8, 4) is 0 Å². The molecule has 5 nitrogen and oxygen atoms in total. The summed E-state index contributed by atoms with van der Waals surface area (Å²) in [4.78, 5) is 8.39. The minimum absolute atomic E-state index is 0.0553. The summed E-state index contributed by atoms with van der Waals surface area (Å²) in [7, 11) is 0. The number of alkyl halides is 2. The SMILES string of the molecule is OC1=C(C(F)F)CNC=C1NCc1ccc2nccnc2c1. The van der Waals surface area contributed by atoms with Crippen LogP contribution in [0.5, 0.6) is 0 Å². The number of hydrogen-bond acceptors (Lipinski definition) is 5. The number of aliphatic hydroxyl groups is 1. The van der Waals surface area contributed by atoms with Crippen LogP contribution in [0.4, 0.5) is 8.78 Å². The summed E-state index contributed by atoms with van der Waals surface area (Å²) in [5.41, 5.74) is 2.39. The van der Waals surface area contributed by atoms with Crippen LogP contribution in [0.1, 0.15) is 5.56 Å². The predicted octanol–water partition coefficient (Wildman–Crippen LogP) is 2.24. The summed E-state index contributed by atoms with van der Waals surface area (Å²) in [6, 6.07) is 5.57. The van der Waals surface area contributed by atoms with Crippen LogP contribution in [0.3, 0.4) is 0 Å². The lowest BCUT2D eigenvalue weighted by molar-refractivity contribution is 0.177. The molecule has 0 unspecified atom stereocenters. The number of rotatable bonds is 4. The van der Waals surface area contributed by atoms with Crippen LogP contribution >= 0.6 is 0 Å². The van der Waals surface area contributed by atoms with Gasteiger partial charge >= 0.3 is 0 Å². The van der Waals surface area contributed by atoms with Gasteiger partial charge in [0.15, 0.2) is 0 Å². The highest BCUT2D eigenvalue weighted by Crippen LogP contribution is 2.20. The lowest BCUT2D eigenvalue weighted by atomic mass is 10.1. The molecule has 0 fully saturated rings. The minimum Gasteiger partial charge on any atom is -0.505 e. The highest BCUT2D eigenvalue weighted by atomic mass is 19.3. The molecule has 22 heavy (non-hydrogen) atoms. The molecule has 0 radical (unpaired) electrons. The molecule has 0 aliphatic carbocycles. The van der Waals surface area contributed by atoms with E-state index in [0.29, 0.717) is 6.54 Å². The number of nitrogens with one attached hydrogen (secondary N) is 2. The van der Waals surface area contributed by atoms with Crippen LogP contribution in [0.2, 0.25) is 0 Å². The Hall–Kier alpha value is -2.70. The van der Waals surface area contributed by atoms with Gasteiger partial charge in [-0.05, 0) is 17.7 Å². The molecule has 114 valence electrons. The number of aliphatic hydroxyl groups excluding tert-OH is 1. The Morgan fingerprint density at radius 1 is 1.23 bits per heavy atom. The van der Waals surface area contributed by atoms with Crippen molar-refractivity contribution in [3.05, 3.63) is 59.4 Å². The summed E-state index contributed by atoms with van der Waals surface area (Å²) in [6.07, 6.45) is 2.03.